The van der Waals surface area contributed by atoms with Crippen LogP contribution in [0.25, 0.3) is 0 Å². The molecule has 35 heavy (non-hydrogen) atoms. The van der Waals surface area contributed by atoms with Crippen molar-refractivity contribution < 1.29 is 32.7 Å². The van der Waals surface area contributed by atoms with Gasteiger partial charge in [0.25, 0.3) is 5.91 Å². The second kappa shape index (κ2) is 12.0. The van der Waals surface area contributed by atoms with Gasteiger partial charge in [0.2, 0.25) is 5.91 Å². The second-order valence-corrected chi connectivity index (χ2v) is 9.31. The van der Waals surface area contributed by atoms with Crippen LogP contribution in [0.4, 0.5) is 23.7 Å². The van der Waals surface area contributed by atoms with Crippen LogP contribution in [-0.4, -0.2) is 41.4 Å². The lowest BCUT2D eigenvalue weighted by atomic mass is 9.86. The predicted molar refractivity (Wildman–Crippen MR) is 126 cm³/mol. The first kappa shape index (κ1) is 26.4. The molecule has 0 heterocycles. The van der Waals surface area contributed by atoms with E-state index in [4.69, 9.17) is 5.11 Å². The van der Waals surface area contributed by atoms with Crippen molar-refractivity contribution in [1.29, 1.82) is 0 Å². The van der Waals surface area contributed by atoms with E-state index in [2.05, 4.69) is 10.6 Å². The first-order valence-corrected chi connectivity index (χ1v) is 12.1. The normalized spacial score (nSPS) is 17.9. The fourth-order valence-electron chi connectivity index (χ4n) is 3.96. The summed E-state index contributed by atoms with van der Waals surface area (Å²) < 4.78 is 39.2. The molecule has 0 unspecified atom stereocenters. The number of alkyl halides is 3. The Morgan fingerprint density at radius 2 is 1.74 bits per heavy atom. The molecule has 0 bridgehead atoms. The zero-order chi connectivity index (χ0) is 25.4. The number of carbonyl (C=O) groups is 3. The van der Waals surface area contributed by atoms with Crippen LogP contribution in [0.15, 0.2) is 53.4 Å². The number of thioether (sulfide) groups is 1. The summed E-state index contributed by atoms with van der Waals surface area (Å²) in [6, 6.07) is 11.9. The number of hydrogen-bond acceptors (Lipinski definition) is 4. The van der Waals surface area contributed by atoms with Gasteiger partial charge in [-0.05, 0) is 49.1 Å². The molecule has 7 nitrogen and oxygen atoms in total. The number of benzene rings is 2. The van der Waals surface area contributed by atoms with Crippen LogP contribution in [-0.2, 0) is 11.0 Å². The zero-order valence-corrected chi connectivity index (χ0v) is 19.5. The summed E-state index contributed by atoms with van der Waals surface area (Å²) in [5, 5.41) is 16.1. The summed E-state index contributed by atoms with van der Waals surface area (Å²) in [5.74, 6) is -0.367. The molecule has 0 saturated heterocycles. The lowest BCUT2D eigenvalue weighted by Gasteiger charge is -2.32. The molecule has 1 aliphatic rings. The topological polar surface area (TPSA) is 108 Å². The van der Waals surface area contributed by atoms with Crippen LogP contribution in [0, 0.1) is 5.92 Å². The maximum atomic E-state index is 13.1. The molecule has 1 saturated carbocycles. The van der Waals surface area contributed by atoms with E-state index in [0.717, 1.165) is 42.4 Å². The molecule has 2 aromatic carbocycles. The Bertz CT molecular complexity index is 1050. The van der Waals surface area contributed by atoms with Gasteiger partial charge in [-0.2, -0.15) is 13.2 Å². The van der Waals surface area contributed by atoms with E-state index < -0.39 is 41.8 Å². The standard InChI is InChI=1S/C24H26F3N3O4S/c25-24(26,27)16-10-11-20(30-23(33)34)18(12-16)22(32)28-13-21(31)29-19-9-5-4-6-15(19)14-35-17-7-2-1-3-8-17/h1-3,7-8,10-12,15,19,30H,4-6,9,13-14H2,(H,28,32)(H,29,31)(H,33,34)/t15-,19-/m0/s1. The number of halogens is 3. The van der Waals surface area contributed by atoms with Crippen molar-refractivity contribution in [2.24, 2.45) is 5.92 Å². The Labute approximate surface area is 204 Å². The number of rotatable bonds is 8. The molecule has 2 aromatic rings. The van der Waals surface area contributed by atoms with Crippen molar-refractivity contribution in [3.8, 4) is 0 Å². The van der Waals surface area contributed by atoms with Crippen LogP contribution >= 0.6 is 11.8 Å². The molecule has 0 radical (unpaired) electrons. The summed E-state index contributed by atoms with van der Waals surface area (Å²) in [5.41, 5.74) is -1.94. The van der Waals surface area contributed by atoms with Crippen LogP contribution in [0.5, 0.6) is 0 Å². The zero-order valence-electron chi connectivity index (χ0n) is 18.7. The van der Waals surface area contributed by atoms with Gasteiger partial charge in [0.05, 0.1) is 23.4 Å². The highest BCUT2D eigenvalue weighted by molar-refractivity contribution is 7.99. The van der Waals surface area contributed by atoms with E-state index in [-0.39, 0.29) is 17.6 Å². The average molecular weight is 510 g/mol. The number of nitrogens with one attached hydrogen (secondary N) is 3. The number of carbonyl (C=O) groups excluding carboxylic acids is 2. The van der Waals surface area contributed by atoms with Crippen molar-refractivity contribution in [3.63, 3.8) is 0 Å². The molecule has 1 aliphatic carbocycles. The van der Waals surface area contributed by atoms with Gasteiger partial charge in [0.15, 0.2) is 0 Å². The largest absolute Gasteiger partial charge is 0.465 e. The van der Waals surface area contributed by atoms with E-state index in [0.29, 0.717) is 12.1 Å². The molecule has 188 valence electrons. The van der Waals surface area contributed by atoms with Crippen molar-refractivity contribution in [2.45, 2.75) is 42.8 Å². The molecule has 0 aliphatic heterocycles. The molecule has 4 N–H and O–H groups in total. The molecular weight excluding hydrogens is 483 g/mol. The maximum Gasteiger partial charge on any atom is 0.416 e. The van der Waals surface area contributed by atoms with E-state index in [1.165, 1.54) is 0 Å². The fourth-order valence-corrected chi connectivity index (χ4v) is 5.12. The molecule has 0 aromatic heterocycles. The maximum absolute atomic E-state index is 13.1. The Morgan fingerprint density at radius 3 is 2.43 bits per heavy atom. The van der Waals surface area contributed by atoms with Gasteiger partial charge in [-0.3, -0.25) is 14.9 Å². The second-order valence-electron chi connectivity index (χ2n) is 8.21. The quantitative estimate of drug-likeness (QED) is 0.375. The third kappa shape index (κ3) is 7.91. The summed E-state index contributed by atoms with van der Waals surface area (Å²) in [4.78, 5) is 37.2. The smallest absolute Gasteiger partial charge is 0.416 e. The number of anilines is 1. The van der Waals surface area contributed by atoms with Gasteiger partial charge in [-0.25, -0.2) is 4.79 Å². The Morgan fingerprint density at radius 1 is 1.03 bits per heavy atom. The third-order valence-corrected chi connectivity index (χ3v) is 6.91. The molecule has 3 amide bonds. The minimum absolute atomic E-state index is 0.0674. The Hall–Kier alpha value is -3.21. The van der Waals surface area contributed by atoms with Crippen molar-refractivity contribution >= 4 is 35.4 Å². The molecule has 2 atom stereocenters. The highest BCUT2D eigenvalue weighted by Gasteiger charge is 2.32. The Kier molecular flexibility index (Phi) is 9.02. The minimum Gasteiger partial charge on any atom is -0.465 e. The molecule has 0 spiro atoms. The van der Waals surface area contributed by atoms with Crippen LogP contribution < -0.4 is 16.0 Å². The van der Waals surface area contributed by atoms with E-state index in [1.807, 2.05) is 35.6 Å². The van der Waals surface area contributed by atoms with Crippen molar-refractivity contribution in [2.75, 3.05) is 17.6 Å². The lowest BCUT2D eigenvalue weighted by molar-refractivity contribution is -0.137. The number of amides is 3. The summed E-state index contributed by atoms with van der Waals surface area (Å²) in [6.45, 7) is -0.448. The van der Waals surface area contributed by atoms with Crippen LogP contribution in [0.2, 0.25) is 0 Å². The minimum atomic E-state index is -4.72. The highest BCUT2D eigenvalue weighted by atomic mass is 32.2. The highest BCUT2D eigenvalue weighted by Crippen LogP contribution is 2.32. The van der Waals surface area contributed by atoms with E-state index in [9.17, 15) is 27.6 Å². The van der Waals surface area contributed by atoms with Gasteiger partial charge >= 0.3 is 12.3 Å². The molecule has 1 fully saturated rings. The van der Waals surface area contributed by atoms with E-state index >= 15 is 0 Å². The van der Waals surface area contributed by atoms with Crippen LogP contribution in [0.1, 0.15) is 41.6 Å². The average Bonchev–Trinajstić information content (AvgIpc) is 2.82. The van der Waals surface area contributed by atoms with Gasteiger partial charge in [-0.1, -0.05) is 31.0 Å². The first-order valence-electron chi connectivity index (χ1n) is 11.1. The summed E-state index contributed by atoms with van der Waals surface area (Å²) in [7, 11) is 0. The van der Waals surface area contributed by atoms with Gasteiger partial charge in [0, 0.05) is 16.7 Å². The predicted octanol–water partition coefficient (Wildman–Crippen LogP) is 4.99. The third-order valence-electron chi connectivity index (χ3n) is 5.71. The van der Waals surface area contributed by atoms with E-state index in [1.54, 1.807) is 11.8 Å². The lowest BCUT2D eigenvalue weighted by Crippen LogP contribution is -2.47. The van der Waals surface area contributed by atoms with Crippen molar-refractivity contribution in [3.05, 3.63) is 59.7 Å². The fraction of sp³-hybridized carbons (Fsp3) is 0.375. The first-order chi connectivity index (χ1) is 16.6. The van der Waals surface area contributed by atoms with Crippen LogP contribution in [0.3, 0.4) is 0 Å². The van der Waals surface area contributed by atoms with Crippen molar-refractivity contribution in [1.82, 2.24) is 10.6 Å². The van der Waals surface area contributed by atoms with Gasteiger partial charge < -0.3 is 15.7 Å². The van der Waals surface area contributed by atoms with Gasteiger partial charge in [0.1, 0.15) is 0 Å². The summed E-state index contributed by atoms with van der Waals surface area (Å²) >= 11 is 1.72. The molecular formula is C24H26F3N3O4S. The molecule has 11 heteroatoms. The number of hydrogen-bond donors (Lipinski definition) is 4. The Balaban J connectivity index is 1.60. The molecule has 3 rings (SSSR count). The van der Waals surface area contributed by atoms with Gasteiger partial charge in [-0.15, -0.1) is 11.8 Å². The summed E-state index contributed by atoms with van der Waals surface area (Å²) in [6.07, 6.45) is -2.45. The monoisotopic (exact) mass is 509 g/mol. The SMILES string of the molecule is O=C(O)Nc1ccc(C(F)(F)F)cc1C(=O)NCC(=O)N[C@H]1CCCC[C@H]1CSc1ccccc1. The number of carboxylic acid groups (broad SMARTS) is 1.